The van der Waals surface area contributed by atoms with Gasteiger partial charge in [0, 0.05) is 32.9 Å². The number of aromatic amines is 1. The molecule has 36 heavy (non-hydrogen) atoms. The highest BCUT2D eigenvalue weighted by atomic mass is 19.4. The quantitative estimate of drug-likeness (QED) is 0.558. The van der Waals surface area contributed by atoms with Crippen LogP contribution in [0.1, 0.15) is 12.0 Å². The summed E-state index contributed by atoms with van der Waals surface area (Å²) in [6.07, 6.45) is -2.01. The van der Waals surface area contributed by atoms with Gasteiger partial charge in [-0.05, 0) is 18.6 Å². The molecule has 5 heterocycles. The van der Waals surface area contributed by atoms with Crippen molar-refractivity contribution in [3.63, 3.8) is 0 Å². The molecule has 2 fully saturated rings. The maximum Gasteiger partial charge on any atom is 0.417 e. The number of H-pyrrole nitrogens is 1. The highest BCUT2D eigenvalue weighted by molar-refractivity contribution is 5.89. The predicted molar refractivity (Wildman–Crippen MR) is 123 cm³/mol. The van der Waals surface area contributed by atoms with E-state index in [0.29, 0.717) is 43.3 Å². The summed E-state index contributed by atoms with van der Waals surface area (Å²) in [5, 5.41) is 10.0. The number of anilines is 2. The Labute approximate surface area is 202 Å². The van der Waals surface area contributed by atoms with Crippen LogP contribution in [-0.2, 0) is 18.0 Å². The third kappa shape index (κ3) is 4.32. The van der Waals surface area contributed by atoms with Gasteiger partial charge in [-0.3, -0.25) is 9.89 Å². The molecule has 3 aromatic heterocycles. The fraction of sp³-hybridized carbons (Fsp3) is 0.455. The van der Waals surface area contributed by atoms with Crippen molar-refractivity contribution in [1.29, 1.82) is 0 Å². The number of aromatic nitrogens is 4. The molecule has 2 aliphatic rings. The van der Waals surface area contributed by atoms with E-state index in [2.05, 4.69) is 25.4 Å². The van der Waals surface area contributed by atoms with Crippen molar-refractivity contribution in [1.82, 2.24) is 24.6 Å². The first-order chi connectivity index (χ1) is 17.2. The Morgan fingerprint density at radius 1 is 1.31 bits per heavy atom. The Balaban J connectivity index is 1.32. The van der Waals surface area contributed by atoms with Crippen LogP contribution in [0.4, 0.5) is 29.3 Å². The average Bonchev–Trinajstić information content (AvgIpc) is 3.27. The molecule has 0 aromatic carbocycles. The van der Waals surface area contributed by atoms with Crippen molar-refractivity contribution in [2.75, 3.05) is 43.6 Å². The van der Waals surface area contributed by atoms with E-state index >= 15 is 0 Å². The fourth-order valence-corrected chi connectivity index (χ4v) is 4.72. The van der Waals surface area contributed by atoms with E-state index < -0.39 is 29.0 Å². The lowest BCUT2D eigenvalue weighted by Gasteiger charge is -2.47. The number of methoxy groups -OCH3 is 1. The first-order valence-corrected chi connectivity index (χ1v) is 11.3. The summed E-state index contributed by atoms with van der Waals surface area (Å²) < 4.78 is 51.6. The fourth-order valence-electron chi connectivity index (χ4n) is 4.72. The molecule has 0 bridgehead atoms. The van der Waals surface area contributed by atoms with Crippen molar-refractivity contribution in [2.45, 2.75) is 24.7 Å². The minimum absolute atomic E-state index is 0.256. The molecule has 2 unspecified atom stereocenters. The van der Waals surface area contributed by atoms with Crippen LogP contribution in [-0.4, -0.2) is 76.2 Å². The maximum absolute atomic E-state index is 13.2. The smallest absolute Gasteiger partial charge is 0.417 e. The molecule has 192 valence electrons. The van der Waals surface area contributed by atoms with Gasteiger partial charge in [0.2, 0.25) is 5.88 Å². The van der Waals surface area contributed by atoms with Gasteiger partial charge in [-0.25, -0.2) is 9.78 Å². The lowest BCUT2D eigenvalue weighted by atomic mass is 9.98. The van der Waals surface area contributed by atoms with Gasteiger partial charge in [-0.15, -0.1) is 5.10 Å². The lowest BCUT2D eigenvalue weighted by Crippen LogP contribution is -2.61. The second-order valence-electron chi connectivity index (χ2n) is 8.71. The Bertz CT molecular complexity index is 1360. The number of piperidine rings is 1. The predicted octanol–water partition coefficient (Wildman–Crippen LogP) is 2.20. The second-order valence-corrected chi connectivity index (χ2v) is 8.71. The van der Waals surface area contributed by atoms with Crippen LogP contribution >= 0.6 is 0 Å². The molecule has 14 heteroatoms. The number of halogens is 3. The number of hydrogen-bond acceptors (Lipinski definition) is 7. The molecular formula is C22H24F3N7O4. The third-order valence-corrected chi connectivity index (χ3v) is 6.53. The zero-order valence-corrected chi connectivity index (χ0v) is 19.5. The van der Waals surface area contributed by atoms with Gasteiger partial charge in [0.25, 0.3) is 5.56 Å². The number of nitrogens with zero attached hydrogens (tertiary/aromatic N) is 5. The van der Waals surface area contributed by atoms with Gasteiger partial charge < -0.3 is 29.2 Å². The molecule has 0 saturated carbocycles. The topological polar surface area (TPSA) is 118 Å². The van der Waals surface area contributed by atoms with Crippen LogP contribution in [0.25, 0.3) is 11.0 Å². The number of carbonyl (C=O) groups excluding carboxylic acids is 1. The van der Waals surface area contributed by atoms with Crippen LogP contribution in [0.3, 0.4) is 0 Å². The molecule has 0 radical (unpaired) electrons. The standard InChI is InChI=1S/C22H24F3N7O4/c1-30-10-12(22(23,24)25)7-15(20(30)33)27-21(34)32-5-6-36-17-11-31(4-3-16(17)32)13-8-14-18(26-9-13)28-29-19(14)35-2/h7-10,16-17H,3-6,11H2,1-2H3,(H,27,34)(H,26,28,29). The number of aryl methyl sites for hydroxylation is 1. The molecule has 2 aliphatic heterocycles. The van der Waals surface area contributed by atoms with Crippen molar-refractivity contribution < 1.29 is 27.4 Å². The number of carbonyl (C=O) groups is 1. The zero-order valence-electron chi connectivity index (χ0n) is 19.5. The Hall–Kier alpha value is -3.81. The molecule has 2 N–H and O–H groups in total. The molecule has 0 aliphatic carbocycles. The molecule has 5 rings (SSSR count). The highest BCUT2D eigenvalue weighted by Gasteiger charge is 2.40. The summed E-state index contributed by atoms with van der Waals surface area (Å²) in [7, 11) is 2.73. The van der Waals surface area contributed by atoms with Crippen LogP contribution in [0, 0.1) is 0 Å². The minimum Gasteiger partial charge on any atom is -0.479 e. The van der Waals surface area contributed by atoms with Crippen molar-refractivity contribution in [2.24, 2.45) is 7.05 Å². The number of rotatable bonds is 3. The van der Waals surface area contributed by atoms with Crippen molar-refractivity contribution in [3.05, 3.63) is 40.4 Å². The number of pyridine rings is 2. The molecule has 2 atom stereocenters. The van der Waals surface area contributed by atoms with Crippen LogP contribution in [0.15, 0.2) is 29.3 Å². The largest absolute Gasteiger partial charge is 0.479 e. The lowest BCUT2D eigenvalue weighted by molar-refractivity contribution is -0.138. The van der Waals surface area contributed by atoms with E-state index in [1.165, 1.54) is 19.1 Å². The summed E-state index contributed by atoms with van der Waals surface area (Å²) >= 11 is 0. The van der Waals surface area contributed by atoms with Crippen LogP contribution < -0.4 is 20.5 Å². The number of ether oxygens (including phenoxy) is 2. The van der Waals surface area contributed by atoms with E-state index in [1.807, 2.05) is 6.07 Å². The monoisotopic (exact) mass is 507 g/mol. The first kappa shape index (κ1) is 23.9. The second kappa shape index (κ2) is 9.00. The van der Waals surface area contributed by atoms with E-state index in [9.17, 15) is 22.8 Å². The molecule has 2 amide bonds. The van der Waals surface area contributed by atoms with Gasteiger partial charge in [0.05, 0.1) is 48.7 Å². The molecule has 0 spiro atoms. The summed E-state index contributed by atoms with van der Waals surface area (Å²) in [6, 6.07) is 1.64. The van der Waals surface area contributed by atoms with Crippen LogP contribution in [0.2, 0.25) is 0 Å². The molecular weight excluding hydrogens is 483 g/mol. The average molecular weight is 507 g/mol. The summed E-state index contributed by atoms with van der Waals surface area (Å²) in [5.41, 5.74) is -0.728. The van der Waals surface area contributed by atoms with Gasteiger partial charge in [0.15, 0.2) is 5.65 Å². The number of fused-ring (bicyclic) bond motifs is 2. The number of morpholine rings is 1. The van der Waals surface area contributed by atoms with Gasteiger partial charge >= 0.3 is 12.2 Å². The van der Waals surface area contributed by atoms with E-state index in [1.54, 1.807) is 6.20 Å². The molecule has 3 aromatic rings. The van der Waals surface area contributed by atoms with Gasteiger partial charge in [-0.1, -0.05) is 0 Å². The Morgan fingerprint density at radius 3 is 2.86 bits per heavy atom. The summed E-state index contributed by atoms with van der Waals surface area (Å²) in [4.78, 5) is 33.5. The molecule has 11 nitrogen and oxygen atoms in total. The van der Waals surface area contributed by atoms with E-state index in [4.69, 9.17) is 9.47 Å². The molecule has 2 saturated heterocycles. The number of alkyl halides is 3. The van der Waals surface area contributed by atoms with Gasteiger partial charge in [0.1, 0.15) is 5.69 Å². The normalized spacial score (nSPS) is 20.4. The van der Waals surface area contributed by atoms with E-state index in [-0.39, 0.29) is 25.3 Å². The van der Waals surface area contributed by atoms with Gasteiger partial charge in [-0.2, -0.15) is 13.2 Å². The third-order valence-electron chi connectivity index (χ3n) is 6.53. The highest BCUT2D eigenvalue weighted by Crippen LogP contribution is 2.32. The number of hydrogen-bond donors (Lipinski definition) is 2. The first-order valence-electron chi connectivity index (χ1n) is 11.3. The Kier molecular flexibility index (Phi) is 5.98. The van der Waals surface area contributed by atoms with Crippen molar-refractivity contribution >= 4 is 28.4 Å². The van der Waals surface area contributed by atoms with Crippen molar-refractivity contribution in [3.8, 4) is 5.88 Å². The number of nitrogens with one attached hydrogen (secondary N) is 2. The summed E-state index contributed by atoms with van der Waals surface area (Å²) in [6.45, 7) is 1.59. The zero-order chi connectivity index (χ0) is 25.6. The SMILES string of the molecule is COc1n[nH]c2ncc(N3CCC4C(C3)OCCN4C(=O)Nc3cc(C(F)(F)F)cn(C)c3=O)cc12. The Morgan fingerprint density at radius 2 is 2.11 bits per heavy atom. The van der Waals surface area contributed by atoms with Crippen LogP contribution in [0.5, 0.6) is 5.88 Å². The summed E-state index contributed by atoms with van der Waals surface area (Å²) in [5.74, 6) is 0.437. The van der Waals surface area contributed by atoms with E-state index in [0.717, 1.165) is 15.6 Å². The number of urea groups is 1. The maximum atomic E-state index is 13.2. The minimum atomic E-state index is -4.65. The number of amides is 2.